The molecule has 1 aromatic carbocycles. The average molecular weight is 341 g/mol. The van der Waals surface area contributed by atoms with Crippen molar-refractivity contribution in [2.45, 2.75) is 17.6 Å². The first-order valence-corrected chi connectivity index (χ1v) is 7.81. The highest BCUT2D eigenvalue weighted by Crippen LogP contribution is 2.32. The molecule has 0 atom stereocenters. The number of thioether (sulfide) groups is 1. The molecule has 0 aliphatic rings. The molecule has 3 aromatic rings. The summed E-state index contributed by atoms with van der Waals surface area (Å²) in [6.45, 7) is 1.71. The fraction of sp³-hybridized carbons (Fsp3) is 0.154. The Labute approximate surface area is 131 Å². The third kappa shape index (κ3) is 3.25. The molecule has 1 amide bonds. The first kappa shape index (κ1) is 14.9. The van der Waals surface area contributed by atoms with Crippen LogP contribution in [0.25, 0.3) is 10.2 Å². The maximum Gasteiger partial charge on any atom is 0.296 e. The summed E-state index contributed by atoms with van der Waals surface area (Å²) in [6, 6.07) is 6.35. The number of rotatable bonds is 4. The van der Waals surface area contributed by atoms with Crippen molar-refractivity contribution in [3.8, 4) is 0 Å². The molecule has 3 rings (SSSR count). The summed E-state index contributed by atoms with van der Waals surface area (Å²) in [5.74, 6) is -2.84. The van der Waals surface area contributed by atoms with Gasteiger partial charge in [-0.2, -0.15) is 8.78 Å². The number of nitrogens with one attached hydrogen (secondary N) is 1. The van der Waals surface area contributed by atoms with Crippen molar-refractivity contribution in [2.75, 3.05) is 5.32 Å². The van der Waals surface area contributed by atoms with Gasteiger partial charge in [0, 0.05) is 11.0 Å². The first-order valence-electron chi connectivity index (χ1n) is 6.11. The molecule has 0 spiro atoms. The summed E-state index contributed by atoms with van der Waals surface area (Å²) in [7, 11) is 0. The van der Waals surface area contributed by atoms with Crippen molar-refractivity contribution in [2.24, 2.45) is 0 Å². The zero-order valence-corrected chi connectivity index (χ0v) is 12.8. The lowest BCUT2D eigenvalue weighted by atomic mass is 10.3. The van der Waals surface area contributed by atoms with Crippen LogP contribution in [0.3, 0.4) is 0 Å². The summed E-state index contributed by atoms with van der Waals surface area (Å²) < 4.78 is 30.3. The SMILES string of the molecule is Cc1cc(C(=O)Nc2nc3ccc(SC(F)F)cc3s2)on1. The second-order valence-electron chi connectivity index (χ2n) is 4.31. The average Bonchev–Trinajstić information content (AvgIpc) is 3.03. The quantitative estimate of drug-likeness (QED) is 0.722. The summed E-state index contributed by atoms with van der Waals surface area (Å²) >= 11 is 1.68. The molecule has 1 N–H and O–H groups in total. The van der Waals surface area contributed by atoms with E-state index in [-0.39, 0.29) is 5.76 Å². The Bertz CT molecular complexity index is 832. The smallest absolute Gasteiger partial charge is 0.296 e. The Morgan fingerprint density at radius 3 is 2.91 bits per heavy atom. The highest BCUT2D eigenvalue weighted by Gasteiger charge is 2.15. The van der Waals surface area contributed by atoms with Gasteiger partial charge in [-0.3, -0.25) is 10.1 Å². The molecule has 0 unspecified atom stereocenters. The van der Waals surface area contributed by atoms with Crippen molar-refractivity contribution < 1.29 is 18.1 Å². The van der Waals surface area contributed by atoms with Crippen molar-refractivity contribution in [1.29, 1.82) is 0 Å². The summed E-state index contributed by atoms with van der Waals surface area (Å²) in [6.07, 6.45) is 0. The number of aromatic nitrogens is 2. The van der Waals surface area contributed by atoms with E-state index < -0.39 is 11.7 Å². The number of carbonyl (C=O) groups excluding carboxylic acids is 1. The number of benzene rings is 1. The minimum Gasteiger partial charge on any atom is -0.351 e. The van der Waals surface area contributed by atoms with Crippen LogP contribution in [0.15, 0.2) is 33.7 Å². The van der Waals surface area contributed by atoms with E-state index in [2.05, 4.69) is 15.5 Å². The van der Waals surface area contributed by atoms with Gasteiger partial charge in [0.25, 0.3) is 11.7 Å². The fourth-order valence-corrected chi connectivity index (χ4v) is 3.28. The van der Waals surface area contributed by atoms with E-state index in [1.54, 1.807) is 25.1 Å². The van der Waals surface area contributed by atoms with Gasteiger partial charge in [-0.25, -0.2) is 4.98 Å². The predicted octanol–water partition coefficient (Wildman–Crippen LogP) is 4.16. The van der Waals surface area contributed by atoms with Crippen LogP contribution in [-0.2, 0) is 0 Å². The zero-order valence-electron chi connectivity index (χ0n) is 11.2. The molecule has 0 aliphatic carbocycles. The summed E-state index contributed by atoms with van der Waals surface area (Å²) in [4.78, 5) is 16.6. The third-order valence-electron chi connectivity index (χ3n) is 2.66. The number of aryl methyl sites for hydroxylation is 1. The van der Waals surface area contributed by atoms with Gasteiger partial charge in [-0.05, 0) is 25.1 Å². The van der Waals surface area contributed by atoms with E-state index in [0.29, 0.717) is 33.0 Å². The number of amides is 1. The van der Waals surface area contributed by atoms with Gasteiger partial charge in [-0.15, -0.1) is 0 Å². The molecular formula is C13H9F2N3O2S2. The lowest BCUT2D eigenvalue weighted by Gasteiger charge is -1.98. The standard InChI is InChI=1S/C13H9F2N3O2S2/c1-6-4-9(20-18-6)11(19)17-13-16-8-3-2-7(21-12(14)15)5-10(8)22-13/h2-5,12H,1H3,(H,16,17,19). The first-order chi connectivity index (χ1) is 10.5. The molecule has 0 bridgehead atoms. The van der Waals surface area contributed by atoms with E-state index in [0.717, 1.165) is 4.70 Å². The van der Waals surface area contributed by atoms with E-state index in [4.69, 9.17) is 4.52 Å². The highest BCUT2D eigenvalue weighted by molar-refractivity contribution is 7.99. The summed E-state index contributed by atoms with van der Waals surface area (Å²) in [5.41, 5.74) is 1.23. The third-order valence-corrected chi connectivity index (χ3v) is 4.30. The fourth-order valence-electron chi connectivity index (χ4n) is 1.76. The normalized spacial score (nSPS) is 11.3. The van der Waals surface area contributed by atoms with Crippen molar-refractivity contribution in [1.82, 2.24) is 10.1 Å². The largest absolute Gasteiger partial charge is 0.351 e. The van der Waals surface area contributed by atoms with E-state index in [9.17, 15) is 13.6 Å². The van der Waals surface area contributed by atoms with Crippen molar-refractivity contribution in [3.05, 3.63) is 35.7 Å². The molecule has 0 aliphatic heterocycles. The van der Waals surface area contributed by atoms with Crippen LogP contribution in [0.4, 0.5) is 13.9 Å². The van der Waals surface area contributed by atoms with Gasteiger partial charge in [0.15, 0.2) is 5.13 Å². The molecule has 2 aromatic heterocycles. The minimum absolute atomic E-state index is 0.0886. The van der Waals surface area contributed by atoms with Crippen LogP contribution >= 0.6 is 23.1 Å². The number of hydrogen-bond donors (Lipinski definition) is 1. The zero-order chi connectivity index (χ0) is 15.7. The Morgan fingerprint density at radius 1 is 1.41 bits per heavy atom. The van der Waals surface area contributed by atoms with E-state index >= 15 is 0 Å². The van der Waals surface area contributed by atoms with Crippen LogP contribution in [0.2, 0.25) is 0 Å². The Kier molecular flexibility index (Phi) is 4.08. The van der Waals surface area contributed by atoms with Gasteiger partial charge in [0.1, 0.15) is 0 Å². The number of hydrogen-bond acceptors (Lipinski definition) is 6. The van der Waals surface area contributed by atoms with Gasteiger partial charge in [0.05, 0.1) is 15.9 Å². The number of carbonyl (C=O) groups is 1. The lowest BCUT2D eigenvalue weighted by molar-refractivity contribution is 0.0988. The molecule has 0 saturated heterocycles. The van der Waals surface area contributed by atoms with E-state index in [1.165, 1.54) is 17.4 Å². The number of alkyl halides is 2. The number of anilines is 1. The Morgan fingerprint density at radius 2 is 2.23 bits per heavy atom. The molecule has 0 radical (unpaired) electrons. The number of halogens is 2. The molecule has 2 heterocycles. The van der Waals surface area contributed by atoms with Gasteiger partial charge in [0.2, 0.25) is 5.76 Å². The Balaban J connectivity index is 1.81. The summed E-state index contributed by atoms with van der Waals surface area (Å²) in [5, 5.41) is 6.60. The van der Waals surface area contributed by atoms with Gasteiger partial charge in [-0.1, -0.05) is 28.3 Å². The molecule has 9 heteroatoms. The molecule has 0 saturated carbocycles. The maximum absolute atomic E-state index is 12.4. The van der Waals surface area contributed by atoms with Crippen LogP contribution < -0.4 is 5.32 Å². The van der Waals surface area contributed by atoms with Gasteiger partial charge >= 0.3 is 0 Å². The topological polar surface area (TPSA) is 68.0 Å². The molecule has 22 heavy (non-hydrogen) atoms. The van der Waals surface area contributed by atoms with Crippen LogP contribution in [0, 0.1) is 6.92 Å². The van der Waals surface area contributed by atoms with Crippen LogP contribution in [-0.4, -0.2) is 21.8 Å². The number of nitrogens with zero attached hydrogens (tertiary/aromatic N) is 2. The molecule has 5 nitrogen and oxygen atoms in total. The minimum atomic E-state index is -2.47. The predicted molar refractivity (Wildman–Crippen MR) is 80.7 cm³/mol. The van der Waals surface area contributed by atoms with Crippen LogP contribution in [0.5, 0.6) is 0 Å². The van der Waals surface area contributed by atoms with Crippen molar-refractivity contribution in [3.63, 3.8) is 0 Å². The van der Waals surface area contributed by atoms with E-state index in [1.807, 2.05) is 0 Å². The number of fused-ring (bicyclic) bond motifs is 1. The molecule has 114 valence electrons. The maximum atomic E-state index is 12.4. The second kappa shape index (κ2) is 6.01. The lowest BCUT2D eigenvalue weighted by Crippen LogP contribution is -2.10. The Hall–Kier alpha value is -2.00. The molecular weight excluding hydrogens is 332 g/mol. The van der Waals surface area contributed by atoms with Crippen molar-refractivity contribution >= 4 is 44.4 Å². The van der Waals surface area contributed by atoms with Crippen LogP contribution in [0.1, 0.15) is 16.2 Å². The monoisotopic (exact) mass is 341 g/mol. The molecule has 0 fully saturated rings. The second-order valence-corrected chi connectivity index (χ2v) is 6.41. The highest BCUT2D eigenvalue weighted by atomic mass is 32.2. The number of thiazole rings is 1. The van der Waals surface area contributed by atoms with Gasteiger partial charge < -0.3 is 4.52 Å².